The van der Waals surface area contributed by atoms with Crippen molar-refractivity contribution in [2.45, 2.75) is 0 Å². The largest absolute Gasteiger partial charge is 0.322 e. The summed E-state index contributed by atoms with van der Waals surface area (Å²) in [7, 11) is 0. The van der Waals surface area contributed by atoms with Crippen molar-refractivity contribution in [2.75, 3.05) is 10.6 Å². The van der Waals surface area contributed by atoms with Crippen LogP contribution < -0.4 is 10.6 Å². The molecule has 3 rings (SSSR count). The summed E-state index contributed by atoms with van der Waals surface area (Å²) in [5, 5.41) is 5.50. The van der Waals surface area contributed by atoms with Crippen LogP contribution in [0.3, 0.4) is 0 Å². The van der Waals surface area contributed by atoms with E-state index in [0.717, 1.165) is 4.47 Å². The number of carbonyl (C=O) groups excluding carboxylic acids is 2. The quantitative estimate of drug-likeness (QED) is 0.626. The molecule has 0 bridgehead atoms. The van der Waals surface area contributed by atoms with Gasteiger partial charge in [0.25, 0.3) is 11.8 Å². The number of nitrogens with one attached hydrogen (secondary N) is 2. The highest BCUT2D eigenvalue weighted by Crippen LogP contribution is 2.18. The highest BCUT2D eigenvalue weighted by atomic mass is 79.9. The van der Waals surface area contributed by atoms with Gasteiger partial charge in [-0.15, -0.1) is 0 Å². The highest BCUT2D eigenvalue weighted by Gasteiger charge is 2.09. The third kappa shape index (κ3) is 4.55. The minimum absolute atomic E-state index is 0.250. The first-order valence-corrected chi connectivity index (χ1v) is 8.54. The van der Waals surface area contributed by atoms with Crippen LogP contribution in [0.4, 0.5) is 15.8 Å². The van der Waals surface area contributed by atoms with Gasteiger partial charge in [-0.3, -0.25) is 9.59 Å². The third-order valence-electron chi connectivity index (χ3n) is 3.59. The van der Waals surface area contributed by atoms with Gasteiger partial charge in [-0.25, -0.2) is 4.39 Å². The molecule has 0 radical (unpaired) electrons. The normalized spacial score (nSPS) is 10.2. The summed E-state index contributed by atoms with van der Waals surface area (Å²) in [6.07, 6.45) is 0. The zero-order valence-corrected chi connectivity index (χ0v) is 15.1. The van der Waals surface area contributed by atoms with Crippen molar-refractivity contribution < 1.29 is 14.0 Å². The number of halogens is 2. The fourth-order valence-corrected chi connectivity index (χ4v) is 2.55. The van der Waals surface area contributed by atoms with Gasteiger partial charge in [0.1, 0.15) is 5.82 Å². The molecule has 0 atom stereocenters. The predicted molar refractivity (Wildman–Crippen MR) is 103 cm³/mol. The van der Waals surface area contributed by atoms with Gasteiger partial charge in [0, 0.05) is 27.0 Å². The Morgan fingerprint density at radius 3 is 1.69 bits per heavy atom. The van der Waals surface area contributed by atoms with Crippen LogP contribution in [0.5, 0.6) is 0 Å². The number of benzene rings is 3. The van der Waals surface area contributed by atoms with Crippen LogP contribution in [0.25, 0.3) is 0 Å². The maximum Gasteiger partial charge on any atom is 0.255 e. The molecule has 0 aliphatic heterocycles. The molecule has 0 aromatic heterocycles. The fraction of sp³-hybridized carbons (Fsp3) is 0. The van der Waals surface area contributed by atoms with Crippen LogP contribution in [-0.4, -0.2) is 11.8 Å². The summed E-state index contributed by atoms with van der Waals surface area (Å²) in [4.78, 5) is 24.4. The van der Waals surface area contributed by atoms with Gasteiger partial charge in [-0.1, -0.05) is 22.0 Å². The average Bonchev–Trinajstić information content (AvgIpc) is 2.63. The lowest BCUT2D eigenvalue weighted by Gasteiger charge is -2.09. The van der Waals surface area contributed by atoms with Crippen molar-refractivity contribution in [3.63, 3.8) is 0 Å². The molecule has 2 amide bonds. The zero-order valence-electron chi connectivity index (χ0n) is 13.5. The van der Waals surface area contributed by atoms with Gasteiger partial charge in [0.05, 0.1) is 0 Å². The van der Waals surface area contributed by atoms with Crippen LogP contribution in [0.2, 0.25) is 0 Å². The summed E-state index contributed by atoms with van der Waals surface area (Å²) < 4.78 is 13.8. The number of hydrogen-bond acceptors (Lipinski definition) is 2. The van der Waals surface area contributed by atoms with E-state index in [1.165, 1.54) is 24.3 Å². The lowest BCUT2D eigenvalue weighted by molar-refractivity contribution is 0.101. The SMILES string of the molecule is O=C(Nc1cccc(NC(=O)c2ccc(Br)cc2)c1)c1ccc(F)cc1. The molecule has 6 heteroatoms. The topological polar surface area (TPSA) is 58.2 Å². The molecule has 0 heterocycles. The Balaban J connectivity index is 1.69. The van der Waals surface area contributed by atoms with E-state index >= 15 is 0 Å². The summed E-state index contributed by atoms with van der Waals surface area (Å²) in [5.41, 5.74) is 1.94. The summed E-state index contributed by atoms with van der Waals surface area (Å²) in [6, 6.07) is 19.1. The first-order chi connectivity index (χ1) is 12.5. The highest BCUT2D eigenvalue weighted by molar-refractivity contribution is 9.10. The van der Waals surface area contributed by atoms with Crippen molar-refractivity contribution in [3.8, 4) is 0 Å². The van der Waals surface area contributed by atoms with Crippen molar-refractivity contribution in [2.24, 2.45) is 0 Å². The first-order valence-electron chi connectivity index (χ1n) is 7.75. The van der Waals surface area contributed by atoms with E-state index in [4.69, 9.17) is 0 Å². The molecule has 0 spiro atoms. The van der Waals surface area contributed by atoms with Crippen molar-refractivity contribution in [1.29, 1.82) is 0 Å². The molecule has 0 saturated heterocycles. The zero-order chi connectivity index (χ0) is 18.5. The van der Waals surface area contributed by atoms with Crippen LogP contribution in [0.15, 0.2) is 77.3 Å². The monoisotopic (exact) mass is 412 g/mol. The lowest BCUT2D eigenvalue weighted by atomic mass is 10.2. The number of anilines is 2. The molecule has 3 aromatic rings. The summed E-state index contributed by atoms with van der Waals surface area (Å²) >= 11 is 3.32. The molecule has 2 N–H and O–H groups in total. The minimum Gasteiger partial charge on any atom is -0.322 e. The summed E-state index contributed by atoms with van der Waals surface area (Å²) in [6.45, 7) is 0. The molecule has 3 aromatic carbocycles. The predicted octanol–water partition coefficient (Wildman–Crippen LogP) is 5.09. The molecule has 130 valence electrons. The van der Waals surface area contributed by atoms with Crippen molar-refractivity contribution in [1.82, 2.24) is 0 Å². The van der Waals surface area contributed by atoms with E-state index in [1.54, 1.807) is 48.5 Å². The Morgan fingerprint density at radius 1 is 0.731 bits per heavy atom. The number of hydrogen-bond donors (Lipinski definition) is 2. The first kappa shape index (κ1) is 17.8. The van der Waals surface area contributed by atoms with Crippen LogP contribution in [0.1, 0.15) is 20.7 Å². The Hall–Kier alpha value is -2.99. The molecular formula is C20H14BrFN2O2. The number of rotatable bonds is 4. The van der Waals surface area contributed by atoms with Gasteiger partial charge in [0.15, 0.2) is 0 Å². The smallest absolute Gasteiger partial charge is 0.255 e. The lowest BCUT2D eigenvalue weighted by Crippen LogP contribution is -2.14. The van der Waals surface area contributed by atoms with Gasteiger partial charge in [-0.05, 0) is 66.7 Å². The second kappa shape index (κ2) is 7.93. The molecule has 0 fully saturated rings. The average molecular weight is 413 g/mol. The van der Waals surface area contributed by atoms with Gasteiger partial charge in [0.2, 0.25) is 0 Å². The minimum atomic E-state index is -0.404. The van der Waals surface area contributed by atoms with E-state index in [9.17, 15) is 14.0 Å². The molecule has 0 aliphatic rings. The molecule has 0 unspecified atom stereocenters. The van der Waals surface area contributed by atoms with Gasteiger partial charge >= 0.3 is 0 Å². The summed E-state index contributed by atoms with van der Waals surface area (Å²) in [5.74, 6) is -1.01. The Kier molecular flexibility index (Phi) is 5.43. The van der Waals surface area contributed by atoms with Crippen LogP contribution in [0, 0.1) is 5.82 Å². The third-order valence-corrected chi connectivity index (χ3v) is 4.12. The Labute approximate surface area is 158 Å². The maximum absolute atomic E-state index is 12.9. The van der Waals surface area contributed by atoms with Crippen molar-refractivity contribution >= 4 is 39.1 Å². The molecule has 26 heavy (non-hydrogen) atoms. The van der Waals surface area contributed by atoms with E-state index < -0.39 is 5.82 Å². The maximum atomic E-state index is 12.9. The van der Waals surface area contributed by atoms with Crippen LogP contribution in [-0.2, 0) is 0 Å². The van der Waals surface area contributed by atoms with E-state index in [0.29, 0.717) is 22.5 Å². The molecule has 4 nitrogen and oxygen atoms in total. The Bertz CT molecular complexity index is 866. The second-order valence-electron chi connectivity index (χ2n) is 5.50. The fourth-order valence-electron chi connectivity index (χ4n) is 2.28. The molecule has 0 saturated carbocycles. The van der Waals surface area contributed by atoms with E-state index in [-0.39, 0.29) is 11.8 Å². The van der Waals surface area contributed by atoms with Crippen molar-refractivity contribution in [3.05, 3.63) is 94.2 Å². The number of carbonyl (C=O) groups is 2. The standard InChI is InChI=1S/C20H14BrFN2O2/c21-15-8-4-13(5-9-15)19(25)23-17-2-1-3-18(12-17)24-20(26)14-6-10-16(22)11-7-14/h1-12H,(H,23,25)(H,24,26). The Morgan fingerprint density at radius 2 is 1.19 bits per heavy atom. The van der Waals surface area contributed by atoms with Crippen LogP contribution >= 0.6 is 15.9 Å². The van der Waals surface area contributed by atoms with E-state index in [2.05, 4.69) is 26.6 Å². The van der Waals surface area contributed by atoms with E-state index in [1.807, 2.05) is 0 Å². The van der Waals surface area contributed by atoms with Gasteiger partial charge in [-0.2, -0.15) is 0 Å². The second-order valence-corrected chi connectivity index (χ2v) is 6.42. The number of amides is 2. The molecule has 0 aliphatic carbocycles. The van der Waals surface area contributed by atoms with Gasteiger partial charge < -0.3 is 10.6 Å². The molecular weight excluding hydrogens is 399 g/mol.